The van der Waals surface area contributed by atoms with Gasteiger partial charge >= 0.3 is 0 Å². The van der Waals surface area contributed by atoms with E-state index >= 15 is 0 Å². The van der Waals surface area contributed by atoms with E-state index in [0.29, 0.717) is 17.5 Å². The van der Waals surface area contributed by atoms with Gasteiger partial charge in [-0.2, -0.15) is 0 Å². The highest BCUT2D eigenvalue weighted by Gasteiger charge is 2.53. The van der Waals surface area contributed by atoms with Crippen LogP contribution in [0.25, 0.3) is 78.4 Å². The second kappa shape index (κ2) is 13.9. The predicted molar refractivity (Wildman–Crippen MR) is 251 cm³/mol. The van der Waals surface area contributed by atoms with E-state index in [-0.39, 0.29) is 5.92 Å². The number of nitrogens with zero attached hydrogens (tertiary/aromatic N) is 3. The van der Waals surface area contributed by atoms with Crippen molar-refractivity contribution in [3.8, 4) is 62.2 Å². The van der Waals surface area contributed by atoms with Gasteiger partial charge in [-0.3, -0.25) is 0 Å². The minimum atomic E-state index is -0.537. The van der Waals surface area contributed by atoms with Crippen LogP contribution in [0.15, 0.2) is 222 Å². The van der Waals surface area contributed by atoms with Crippen LogP contribution in [0.3, 0.4) is 0 Å². The number of allylic oxidation sites excluding steroid dienone is 4. The largest absolute Gasteiger partial charge is 0.460 e. The second-order valence-electron chi connectivity index (χ2n) is 16.5. The molecule has 3 aliphatic rings. The fourth-order valence-electron chi connectivity index (χ4n) is 10.5. The molecule has 1 atom stereocenters. The first kappa shape index (κ1) is 35.6. The van der Waals surface area contributed by atoms with Gasteiger partial charge in [0.2, 0.25) is 0 Å². The van der Waals surface area contributed by atoms with Crippen LogP contribution in [0.4, 0.5) is 0 Å². The van der Waals surface area contributed by atoms with Crippen molar-refractivity contribution in [2.24, 2.45) is 0 Å². The Hall–Kier alpha value is -8.15. The lowest BCUT2D eigenvalue weighted by atomic mass is 9.63. The number of para-hydroxylation sites is 3. The van der Waals surface area contributed by atoms with Gasteiger partial charge < -0.3 is 9.15 Å². The number of fused-ring (bicyclic) bond motifs is 11. The molecule has 1 unspecified atom stereocenters. The molecular weight excluding hydrogens is 771 g/mol. The summed E-state index contributed by atoms with van der Waals surface area (Å²) in [6, 6.07) is 68.1. The standard InChI is InChI=1S/C58H37N3O2/c1-2-16-37(17-3-1)55-59-56(38-34-32-36(33-35-38)39-23-14-24-45-43-21-8-12-30-51(43)62-53(39)45)61-57(60-55)46-22-5-4-18-40(46)44-25-15-29-50-54(44)63-52-31-13-11-28-49(52)58(50)47-26-9-6-19-41(47)42-20-7-10-27-48(42)58/h1-24,26-35,44H,25H2. The van der Waals surface area contributed by atoms with Crippen LogP contribution in [0.2, 0.25) is 0 Å². The molecule has 0 fully saturated rings. The molecule has 5 nitrogen and oxygen atoms in total. The van der Waals surface area contributed by atoms with E-state index in [1.165, 1.54) is 27.8 Å². The van der Waals surface area contributed by atoms with E-state index in [0.717, 1.165) is 78.8 Å². The molecule has 63 heavy (non-hydrogen) atoms. The summed E-state index contributed by atoms with van der Waals surface area (Å²) in [5, 5.41) is 2.22. The van der Waals surface area contributed by atoms with Crippen molar-refractivity contribution < 1.29 is 9.15 Å². The smallest absolute Gasteiger partial charge is 0.164 e. The maximum atomic E-state index is 7.16. The summed E-state index contributed by atoms with van der Waals surface area (Å²) in [6.07, 6.45) is 5.40. The van der Waals surface area contributed by atoms with Crippen LogP contribution in [0.1, 0.15) is 34.6 Å². The van der Waals surface area contributed by atoms with Crippen molar-refractivity contribution >= 4 is 21.9 Å². The quantitative estimate of drug-likeness (QED) is 0.173. The zero-order chi connectivity index (χ0) is 41.5. The summed E-state index contributed by atoms with van der Waals surface area (Å²) in [5.74, 6) is 3.58. The molecule has 0 amide bonds. The first-order valence-electron chi connectivity index (χ1n) is 21.5. The minimum Gasteiger partial charge on any atom is -0.460 e. The maximum Gasteiger partial charge on any atom is 0.164 e. The number of hydrogen-bond acceptors (Lipinski definition) is 5. The summed E-state index contributed by atoms with van der Waals surface area (Å²) in [5.41, 5.74) is 14.6. The first-order chi connectivity index (χ1) is 31.2. The van der Waals surface area contributed by atoms with Crippen molar-refractivity contribution in [3.05, 3.63) is 240 Å². The Morgan fingerprint density at radius 3 is 1.79 bits per heavy atom. The highest BCUT2D eigenvalue weighted by atomic mass is 16.5. The zero-order valence-electron chi connectivity index (χ0n) is 34.1. The summed E-state index contributed by atoms with van der Waals surface area (Å²) in [4.78, 5) is 15.6. The van der Waals surface area contributed by atoms with Gasteiger partial charge in [-0.25, -0.2) is 15.0 Å². The van der Waals surface area contributed by atoms with Gasteiger partial charge in [0, 0.05) is 50.1 Å². The fourth-order valence-corrected chi connectivity index (χ4v) is 10.5. The first-order valence-corrected chi connectivity index (χ1v) is 21.5. The van der Waals surface area contributed by atoms with E-state index in [9.17, 15) is 0 Å². The van der Waals surface area contributed by atoms with Gasteiger partial charge in [-0.1, -0.05) is 194 Å². The summed E-state index contributed by atoms with van der Waals surface area (Å²) >= 11 is 0. The van der Waals surface area contributed by atoms with Gasteiger partial charge in [0.1, 0.15) is 22.7 Å². The van der Waals surface area contributed by atoms with E-state index < -0.39 is 5.41 Å². The van der Waals surface area contributed by atoms with Crippen molar-refractivity contribution in [2.75, 3.05) is 0 Å². The Morgan fingerprint density at radius 1 is 0.444 bits per heavy atom. The predicted octanol–water partition coefficient (Wildman–Crippen LogP) is 14.1. The maximum absolute atomic E-state index is 7.16. The van der Waals surface area contributed by atoms with E-state index in [1.807, 2.05) is 30.3 Å². The molecule has 0 saturated heterocycles. The number of furan rings is 1. The third kappa shape index (κ3) is 5.33. The number of rotatable bonds is 5. The highest BCUT2D eigenvalue weighted by molar-refractivity contribution is 6.09. The average Bonchev–Trinajstić information content (AvgIpc) is 3.88. The second-order valence-corrected chi connectivity index (χ2v) is 16.5. The number of ether oxygens (including phenoxy) is 1. The van der Waals surface area contributed by atoms with Gasteiger partial charge in [-0.15, -0.1) is 0 Å². The van der Waals surface area contributed by atoms with Crippen LogP contribution in [0, 0.1) is 0 Å². The van der Waals surface area contributed by atoms with Gasteiger partial charge in [0.25, 0.3) is 0 Å². The Kier molecular flexibility index (Phi) is 7.88. The van der Waals surface area contributed by atoms with Gasteiger partial charge in [0.05, 0.1) is 5.41 Å². The zero-order valence-corrected chi connectivity index (χ0v) is 34.1. The van der Waals surface area contributed by atoms with Crippen molar-refractivity contribution in [1.82, 2.24) is 15.0 Å². The van der Waals surface area contributed by atoms with Crippen LogP contribution in [-0.2, 0) is 5.41 Å². The van der Waals surface area contributed by atoms with Crippen molar-refractivity contribution in [2.45, 2.75) is 17.8 Å². The SMILES string of the molecule is C1=CC2=C(Oc3ccccc3C23c2ccccc2-c2ccccc23)C(c2ccccc2-c2nc(-c3ccccc3)nc(-c3ccc(-c4cccc5c4oc4ccccc45)cc3)n2)C1. The van der Waals surface area contributed by atoms with Crippen LogP contribution in [-0.4, -0.2) is 15.0 Å². The van der Waals surface area contributed by atoms with Crippen molar-refractivity contribution in [3.63, 3.8) is 0 Å². The normalized spacial score (nSPS) is 15.5. The Labute approximate surface area is 364 Å². The molecule has 2 aliphatic carbocycles. The molecule has 0 saturated carbocycles. The van der Waals surface area contributed by atoms with Gasteiger partial charge in [-0.05, 0) is 51.9 Å². The molecule has 5 heteroatoms. The lowest BCUT2D eigenvalue weighted by molar-refractivity contribution is 0.345. The fraction of sp³-hybridized carbons (Fsp3) is 0.0517. The third-order valence-electron chi connectivity index (χ3n) is 13.2. The number of aromatic nitrogens is 3. The Balaban J connectivity index is 0.960. The van der Waals surface area contributed by atoms with Crippen LogP contribution >= 0.6 is 0 Å². The molecule has 1 spiro atoms. The summed E-state index contributed by atoms with van der Waals surface area (Å²) in [6.45, 7) is 0. The van der Waals surface area contributed by atoms with Crippen LogP contribution in [0.5, 0.6) is 5.75 Å². The molecule has 1 aliphatic heterocycles. The monoisotopic (exact) mass is 807 g/mol. The molecule has 2 aromatic heterocycles. The number of benzene rings is 8. The minimum absolute atomic E-state index is 0.105. The summed E-state index contributed by atoms with van der Waals surface area (Å²) < 4.78 is 13.6. The van der Waals surface area contributed by atoms with Crippen LogP contribution < -0.4 is 4.74 Å². The molecule has 0 bridgehead atoms. The summed E-state index contributed by atoms with van der Waals surface area (Å²) in [7, 11) is 0. The molecule has 13 rings (SSSR count). The molecular formula is C58H37N3O2. The Morgan fingerprint density at radius 2 is 1.02 bits per heavy atom. The molecule has 0 N–H and O–H groups in total. The Bertz CT molecular complexity index is 3480. The molecule has 3 heterocycles. The molecule has 8 aromatic carbocycles. The van der Waals surface area contributed by atoms with E-state index in [4.69, 9.17) is 24.1 Å². The average molecular weight is 808 g/mol. The van der Waals surface area contributed by atoms with E-state index in [2.05, 4.69) is 176 Å². The highest BCUT2D eigenvalue weighted by Crippen LogP contribution is 2.62. The molecule has 10 aromatic rings. The van der Waals surface area contributed by atoms with Gasteiger partial charge in [0.15, 0.2) is 17.5 Å². The van der Waals surface area contributed by atoms with E-state index in [1.54, 1.807) is 0 Å². The molecule has 296 valence electrons. The molecule has 0 radical (unpaired) electrons. The topological polar surface area (TPSA) is 61.0 Å². The lowest BCUT2D eigenvalue weighted by Gasteiger charge is -2.43. The lowest BCUT2D eigenvalue weighted by Crippen LogP contribution is -2.36. The number of hydrogen-bond donors (Lipinski definition) is 0. The van der Waals surface area contributed by atoms with Crippen molar-refractivity contribution in [1.29, 1.82) is 0 Å². The third-order valence-corrected chi connectivity index (χ3v) is 13.2.